The molecule has 0 aliphatic carbocycles. The van der Waals surface area contributed by atoms with Gasteiger partial charge in [-0.1, -0.05) is 83.1 Å². The van der Waals surface area contributed by atoms with Crippen molar-refractivity contribution in [3.63, 3.8) is 0 Å². The third kappa shape index (κ3) is 6.25. The van der Waals surface area contributed by atoms with Crippen LogP contribution >= 0.6 is 0 Å². The van der Waals surface area contributed by atoms with Crippen LogP contribution < -0.4 is 9.97 Å². The van der Waals surface area contributed by atoms with Crippen molar-refractivity contribution in [3.8, 4) is 24.3 Å². The van der Waals surface area contributed by atoms with Gasteiger partial charge in [-0.2, -0.15) is 21.0 Å². The van der Waals surface area contributed by atoms with E-state index in [4.69, 9.17) is 34.9 Å². The van der Waals surface area contributed by atoms with Gasteiger partial charge in [-0.3, -0.25) is 0 Å². The number of allylic oxidation sites excluding steroid dienone is 4. The molecular formula is C36H36CuN12. The second kappa shape index (κ2) is 12.0. The number of fused-ring (bicyclic) bond motifs is 8. The number of nitrogens with zero attached hydrogens (tertiary/aromatic N) is 12. The minimum absolute atomic E-state index is 0. The first-order valence-electron chi connectivity index (χ1n) is 15.5. The summed E-state index contributed by atoms with van der Waals surface area (Å²) in [7, 11) is 0. The van der Waals surface area contributed by atoms with Crippen molar-refractivity contribution in [1.82, 2.24) is 39.9 Å². The molecule has 1 radical (unpaired) electrons. The Morgan fingerprint density at radius 2 is 0.714 bits per heavy atom. The van der Waals surface area contributed by atoms with E-state index < -0.39 is 21.7 Å². The van der Waals surface area contributed by atoms with Crippen LogP contribution in [0.2, 0.25) is 0 Å². The monoisotopic (exact) mass is 699 g/mol. The Morgan fingerprint density at radius 1 is 0.408 bits per heavy atom. The molecule has 0 aromatic carbocycles. The number of aromatic nitrogens is 8. The van der Waals surface area contributed by atoms with E-state index in [1.54, 1.807) is 0 Å². The maximum absolute atomic E-state index is 10.5. The number of nitriles is 4. The van der Waals surface area contributed by atoms with Gasteiger partial charge in [0.2, 0.25) is 0 Å². The van der Waals surface area contributed by atoms with Crippen molar-refractivity contribution in [2.45, 2.75) is 93.9 Å². The third-order valence-corrected chi connectivity index (χ3v) is 7.93. The van der Waals surface area contributed by atoms with Gasteiger partial charge in [0.1, 0.15) is 35.9 Å². The summed E-state index contributed by atoms with van der Waals surface area (Å²) >= 11 is 0. The average Bonchev–Trinajstić information content (AvgIpc) is 3.67. The Kier molecular flexibility index (Phi) is 9.00. The van der Waals surface area contributed by atoms with Crippen LogP contribution in [0.25, 0.3) is 44.9 Å². The molecule has 0 saturated carbocycles. The van der Waals surface area contributed by atoms with Crippen molar-refractivity contribution < 1.29 is 17.1 Å². The quantitative estimate of drug-likeness (QED) is 0.232. The first-order chi connectivity index (χ1) is 22.1. The van der Waals surface area contributed by atoms with Gasteiger partial charge in [0.25, 0.3) is 0 Å². The molecular weight excluding hydrogens is 664 g/mol. The van der Waals surface area contributed by atoms with Gasteiger partial charge in [0.15, 0.2) is 0 Å². The minimum Gasteiger partial charge on any atom is -0.357 e. The van der Waals surface area contributed by atoms with E-state index in [2.05, 4.69) is 29.3 Å². The Balaban J connectivity index is 0.00000541. The van der Waals surface area contributed by atoms with E-state index in [0.717, 1.165) is 0 Å². The predicted molar refractivity (Wildman–Crippen MR) is 181 cm³/mol. The zero-order valence-electron chi connectivity index (χ0n) is 29.7. The molecule has 49 heavy (non-hydrogen) atoms. The van der Waals surface area contributed by atoms with Crippen LogP contribution in [0, 0.1) is 56.2 Å². The van der Waals surface area contributed by atoms with Gasteiger partial charge in [-0.15, -0.1) is 0 Å². The molecule has 5 heterocycles. The normalized spacial score (nSPS) is 13.7. The van der Waals surface area contributed by atoms with E-state index in [0.29, 0.717) is 22.3 Å². The van der Waals surface area contributed by atoms with Crippen molar-refractivity contribution in [2.75, 3.05) is 0 Å². The van der Waals surface area contributed by atoms with Gasteiger partial charge in [0, 0.05) is 33.7 Å². The minimum atomic E-state index is -0.619. The largest absolute Gasteiger partial charge is 2.00 e. The van der Waals surface area contributed by atoms with Crippen LogP contribution in [0.1, 0.15) is 129 Å². The van der Waals surface area contributed by atoms with E-state index in [9.17, 15) is 21.0 Å². The fraction of sp³-hybridized carbons (Fsp3) is 0.444. The summed E-state index contributed by atoms with van der Waals surface area (Å²) < 4.78 is 0. The molecule has 3 aromatic heterocycles. The molecule has 0 amide bonds. The van der Waals surface area contributed by atoms with Crippen molar-refractivity contribution in [3.05, 3.63) is 45.6 Å². The summed E-state index contributed by atoms with van der Waals surface area (Å²) in [6.07, 6.45) is 0. The van der Waals surface area contributed by atoms with Crippen LogP contribution in [-0.2, 0) is 27.9 Å². The second-order valence-corrected chi connectivity index (χ2v) is 15.9. The Hall–Kier alpha value is -5.20. The predicted octanol–water partition coefficient (Wildman–Crippen LogP) is 6.45. The third-order valence-electron chi connectivity index (χ3n) is 7.93. The number of rotatable bonds is 0. The van der Waals surface area contributed by atoms with Gasteiger partial charge in [-0.25, -0.2) is 9.97 Å². The zero-order chi connectivity index (χ0) is 35.7. The SMILES string of the molecule is CC(C)(C)C1=C(C#N)c2nc1nc1[n-]c(nc3nc(nc4[n-]c(n2)c(C#N)c4C(C)(C)C)C(C#N)=C3C(C)(C)C)c(C(C)(C)C)c1C#N.[Cu+2]. The van der Waals surface area contributed by atoms with Gasteiger partial charge >= 0.3 is 17.1 Å². The Labute approximate surface area is 296 Å². The first kappa shape index (κ1) is 36.6. The smallest absolute Gasteiger partial charge is 0.357 e. The van der Waals surface area contributed by atoms with E-state index >= 15 is 0 Å². The summed E-state index contributed by atoms with van der Waals surface area (Å²) in [6.45, 7) is 23.3. The molecule has 0 atom stereocenters. The fourth-order valence-electron chi connectivity index (χ4n) is 6.06. The molecule has 0 saturated heterocycles. The molecule has 8 bridgehead atoms. The van der Waals surface area contributed by atoms with Crippen LogP contribution in [0.5, 0.6) is 0 Å². The second-order valence-electron chi connectivity index (χ2n) is 15.9. The number of hydrogen-bond acceptors (Lipinski definition) is 10. The Morgan fingerprint density at radius 3 is 1.00 bits per heavy atom. The molecule has 251 valence electrons. The fourth-order valence-corrected chi connectivity index (χ4v) is 6.06. The van der Waals surface area contributed by atoms with Crippen molar-refractivity contribution in [2.24, 2.45) is 10.8 Å². The summed E-state index contributed by atoms with van der Waals surface area (Å²) in [4.78, 5) is 38.1. The molecule has 3 aromatic rings. The summed E-state index contributed by atoms with van der Waals surface area (Å²) in [5, 5.41) is 41.7. The van der Waals surface area contributed by atoms with Gasteiger partial charge in [0.05, 0.1) is 33.9 Å². The van der Waals surface area contributed by atoms with E-state index in [1.807, 2.05) is 83.1 Å². The van der Waals surface area contributed by atoms with Crippen LogP contribution in [0.3, 0.4) is 0 Å². The van der Waals surface area contributed by atoms with Crippen molar-refractivity contribution >= 4 is 44.9 Å². The van der Waals surface area contributed by atoms with Gasteiger partial charge in [-0.05, 0) is 32.8 Å². The summed E-state index contributed by atoms with van der Waals surface area (Å²) in [5.41, 5.74) is 0.984. The van der Waals surface area contributed by atoms with Crippen LogP contribution in [0.4, 0.5) is 0 Å². The maximum atomic E-state index is 10.5. The van der Waals surface area contributed by atoms with E-state index in [-0.39, 0.29) is 85.2 Å². The molecule has 13 heteroatoms. The van der Waals surface area contributed by atoms with Gasteiger partial charge < -0.3 is 29.9 Å². The van der Waals surface area contributed by atoms with E-state index in [1.165, 1.54) is 0 Å². The molecule has 0 spiro atoms. The first-order valence-corrected chi connectivity index (χ1v) is 15.5. The summed E-state index contributed by atoms with van der Waals surface area (Å²) in [5.74, 6) is 0.520. The van der Waals surface area contributed by atoms with Crippen LogP contribution in [0.15, 0.2) is 0 Å². The molecule has 5 rings (SSSR count). The average molecular weight is 700 g/mol. The number of hydrogen-bond donors (Lipinski definition) is 0. The Bertz CT molecular complexity index is 2310. The zero-order valence-corrected chi connectivity index (χ0v) is 30.6. The summed E-state index contributed by atoms with van der Waals surface area (Å²) in [6, 6.07) is 9.03. The maximum Gasteiger partial charge on any atom is 2.00 e. The molecule has 0 N–H and O–H groups in total. The molecule has 12 nitrogen and oxygen atoms in total. The molecule has 2 aliphatic heterocycles. The molecule has 0 fully saturated rings. The molecule has 2 aliphatic rings. The topological polar surface area (TPSA) is 201 Å². The van der Waals surface area contributed by atoms with Crippen LogP contribution in [-0.4, -0.2) is 29.9 Å². The van der Waals surface area contributed by atoms with Crippen molar-refractivity contribution in [1.29, 1.82) is 21.0 Å². The molecule has 0 unspecified atom stereocenters. The standard InChI is InChI=1S/C36H36N12.Cu/c1-33(2,3)21-17(13-37)25-41-26-18(14-38)22(34(4,5)6)30(43-26)45-28-20(16-40)24(36(10,11)12)32(47-28)48-31-23(35(7,8)9)19(15-39)27(46-31)44-29(21)42-25;/h1-12H3;/q-2;+2.